The zero-order valence-electron chi connectivity index (χ0n) is 16.0. The number of hydrogen-bond donors (Lipinski definition) is 1. The number of para-hydroxylation sites is 1. The number of amides is 1. The second-order valence-electron chi connectivity index (χ2n) is 6.87. The fourth-order valence-electron chi connectivity index (χ4n) is 3.52. The van der Waals surface area contributed by atoms with Gasteiger partial charge in [-0.3, -0.25) is 9.69 Å². The van der Waals surface area contributed by atoms with Crippen LogP contribution in [0.3, 0.4) is 0 Å². The van der Waals surface area contributed by atoms with E-state index in [2.05, 4.69) is 22.4 Å². The molecule has 2 aromatic rings. The van der Waals surface area contributed by atoms with Crippen LogP contribution in [0.2, 0.25) is 0 Å². The molecule has 1 amide bonds. The highest BCUT2D eigenvalue weighted by molar-refractivity contribution is 5.94. The Bertz CT molecular complexity index is 886. The van der Waals surface area contributed by atoms with Crippen LogP contribution in [0.25, 0.3) is 5.57 Å². The summed E-state index contributed by atoms with van der Waals surface area (Å²) < 4.78 is 24.4. The van der Waals surface area contributed by atoms with Gasteiger partial charge in [0.05, 0.1) is 0 Å². The van der Waals surface area contributed by atoms with Gasteiger partial charge in [-0.15, -0.1) is 12.4 Å². The fraction of sp³-hybridized carbons (Fsp3) is 0.318. The van der Waals surface area contributed by atoms with Gasteiger partial charge in [-0.05, 0) is 42.3 Å². The number of ether oxygens (including phenoxy) is 2. The highest BCUT2D eigenvalue weighted by Crippen LogP contribution is 2.39. The first-order valence-electron chi connectivity index (χ1n) is 9.55. The summed E-state index contributed by atoms with van der Waals surface area (Å²) in [4.78, 5) is 14.4. The molecular weight excluding hydrogens is 395 g/mol. The predicted molar refractivity (Wildman–Crippen MR) is 112 cm³/mol. The molecule has 154 valence electrons. The molecule has 7 heteroatoms. The third kappa shape index (κ3) is 5.08. The molecule has 2 aromatic carbocycles. The van der Waals surface area contributed by atoms with E-state index in [0.717, 1.165) is 43.1 Å². The van der Waals surface area contributed by atoms with Gasteiger partial charge in [0.2, 0.25) is 0 Å². The van der Waals surface area contributed by atoms with E-state index in [9.17, 15) is 9.18 Å². The molecule has 0 saturated carbocycles. The highest BCUT2D eigenvalue weighted by Gasteiger charge is 2.20. The van der Waals surface area contributed by atoms with Crippen molar-refractivity contribution in [3.63, 3.8) is 0 Å². The molecule has 0 bridgehead atoms. The van der Waals surface area contributed by atoms with Gasteiger partial charge in [-0.25, -0.2) is 4.39 Å². The average molecular weight is 419 g/mol. The first kappa shape index (κ1) is 21.1. The van der Waals surface area contributed by atoms with E-state index in [0.29, 0.717) is 25.3 Å². The maximum absolute atomic E-state index is 12.9. The van der Waals surface area contributed by atoms with Crippen LogP contribution in [0.5, 0.6) is 11.5 Å². The van der Waals surface area contributed by atoms with Crippen LogP contribution in [0.4, 0.5) is 4.39 Å². The molecule has 2 heterocycles. The van der Waals surface area contributed by atoms with E-state index >= 15 is 0 Å². The molecule has 29 heavy (non-hydrogen) atoms. The molecule has 1 N–H and O–H groups in total. The Morgan fingerprint density at radius 1 is 1.10 bits per heavy atom. The van der Waals surface area contributed by atoms with Crippen molar-refractivity contribution >= 4 is 23.9 Å². The zero-order valence-corrected chi connectivity index (χ0v) is 16.8. The van der Waals surface area contributed by atoms with Crippen LogP contribution in [0, 0.1) is 5.82 Å². The maximum Gasteiger partial charge on any atom is 0.251 e. The Labute approximate surface area is 175 Å². The van der Waals surface area contributed by atoms with Crippen molar-refractivity contribution in [2.45, 2.75) is 6.42 Å². The maximum atomic E-state index is 12.9. The van der Waals surface area contributed by atoms with Crippen LogP contribution in [0.15, 0.2) is 48.5 Å². The Morgan fingerprint density at radius 2 is 1.90 bits per heavy atom. The Kier molecular flexibility index (Phi) is 7.12. The second-order valence-corrected chi connectivity index (χ2v) is 6.87. The topological polar surface area (TPSA) is 50.8 Å². The third-order valence-electron chi connectivity index (χ3n) is 5.03. The minimum absolute atomic E-state index is 0. The number of nitrogens with zero attached hydrogens (tertiary/aromatic N) is 1. The van der Waals surface area contributed by atoms with E-state index in [4.69, 9.17) is 9.47 Å². The number of carbonyl (C=O) groups is 1. The molecule has 0 unspecified atom stereocenters. The van der Waals surface area contributed by atoms with Crippen LogP contribution < -0.4 is 14.8 Å². The molecule has 0 fully saturated rings. The summed E-state index contributed by atoms with van der Waals surface area (Å²) in [5, 5.41) is 2.89. The van der Waals surface area contributed by atoms with Gasteiger partial charge < -0.3 is 14.8 Å². The number of fused-ring (bicyclic) bond motifs is 1. The van der Waals surface area contributed by atoms with Crippen molar-refractivity contribution in [2.75, 3.05) is 39.4 Å². The number of benzene rings is 2. The molecule has 0 spiro atoms. The molecule has 0 saturated heterocycles. The molecule has 0 radical (unpaired) electrons. The molecule has 4 rings (SSSR count). The molecule has 0 aliphatic carbocycles. The quantitative estimate of drug-likeness (QED) is 0.807. The van der Waals surface area contributed by atoms with Crippen LogP contribution in [-0.4, -0.2) is 50.2 Å². The Balaban J connectivity index is 0.00000240. The lowest BCUT2D eigenvalue weighted by Crippen LogP contribution is -2.37. The lowest BCUT2D eigenvalue weighted by Gasteiger charge is -2.28. The van der Waals surface area contributed by atoms with Gasteiger partial charge in [0.25, 0.3) is 5.91 Å². The number of halogens is 2. The van der Waals surface area contributed by atoms with Crippen molar-refractivity contribution in [1.29, 1.82) is 0 Å². The lowest BCUT2D eigenvalue weighted by molar-refractivity contribution is 0.0949. The Morgan fingerprint density at radius 3 is 2.66 bits per heavy atom. The minimum atomic E-state index is -0.343. The fourth-order valence-corrected chi connectivity index (χ4v) is 3.52. The number of carbonyl (C=O) groups excluding carboxylic acids is 1. The molecule has 0 atom stereocenters. The van der Waals surface area contributed by atoms with Gasteiger partial charge in [-0.1, -0.05) is 18.2 Å². The summed E-state index contributed by atoms with van der Waals surface area (Å²) >= 11 is 0. The average Bonchev–Trinajstić information content (AvgIpc) is 2.74. The SMILES string of the molecule is Cl.O=C(NCCN1CC=C(c2cccc3c2OCCO3)CC1)c1ccc(F)cc1. The summed E-state index contributed by atoms with van der Waals surface area (Å²) in [6.07, 6.45) is 3.14. The van der Waals surface area contributed by atoms with E-state index in [1.54, 1.807) is 0 Å². The van der Waals surface area contributed by atoms with E-state index in [-0.39, 0.29) is 24.1 Å². The van der Waals surface area contributed by atoms with Crippen molar-refractivity contribution in [3.8, 4) is 11.5 Å². The van der Waals surface area contributed by atoms with E-state index in [1.165, 1.54) is 29.8 Å². The van der Waals surface area contributed by atoms with Crippen molar-refractivity contribution in [2.24, 2.45) is 0 Å². The second kappa shape index (κ2) is 9.76. The molecule has 2 aliphatic rings. The number of hydrogen-bond acceptors (Lipinski definition) is 4. The molecule has 0 aromatic heterocycles. The normalized spacial score (nSPS) is 15.8. The smallest absolute Gasteiger partial charge is 0.251 e. The van der Waals surface area contributed by atoms with Crippen LogP contribution in [0.1, 0.15) is 22.3 Å². The van der Waals surface area contributed by atoms with Crippen molar-refractivity contribution in [3.05, 3.63) is 65.5 Å². The summed E-state index contributed by atoms with van der Waals surface area (Å²) in [6, 6.07) is 11.6. The van der Waals surface area contributed by atoms with Crippen molar-refractivity contribution < 1.29 is 18.7 Å². The van der Waals surface area contributed by atoms with Crippen molar-refractivity contribution in [1.82, 2.24) is 10.2 Å². The molecular formula is C22H24ClFN2O3. The van der Waals surface area contributed by atoms with Gasteiger partial charge in [0.15, 0.2) is 11.5 Å². The lowest BCUT2D eigenvalue weighted by atomic mass is 9.98. The molecule has 5 nitrogen and oxygen atoms in total. The van der Waals surface area contributed by atoms with Gasteiger partial charge in [0, 0.05) is 37.3 Å². The van der Waals surface area contributed by atoms with Gasteiger partial charge in [0.1, 0.15) is 19.0 Å². The minimum Gasteiger partial charge on any atom is -0.486 e. The zero-order chi connectivity index (χ0) is 19.3. The summed E-state index contributed by atoms with van der Waals surface area (Å²) in [5.74, 6) is 1.14. The summed E-state index contributed by atoms with van der Waals surface area (Å²) in [5.41, 5.74) is 2.86. The summed E-state index contributed by atoms with van der Waals surface area (Å²) in [6.45, 7) is 4.24. The largest absolute Gasteiger partial charge is 0.486 e. The standard InChI is InChI=1S/C22H23FN2O3.ClH/c23-18-6-4-17(5-7-18)22(26)24-10-13-25-11-8-16(9-12-25)19-2-1-3-20-21(19)28-15-14-27-20;/h1-8H,9-15H2,(H,24,26);1H. The number of nitrogens with one attached hydrogen (secondary N) is 1. The first-order chi connectivity index (χ1) is 13.7. The molecule has 2 aliphatic heterocycles. The van der Waals surface area contributed by atoms with Gasteiger partial charge in [-0.2, -0.15) is 0 Å². The first-order valence-corrected chi connectivity index (χ1v) is 9.55. The van der Waals surface area contributed by atoms with E-state index in [1.807, 2.05) is 12.1 Å². The van der Waals surface area contributed by atoms with Crippen LogP contribution in [-0.2, 0) is 0 Å². The third-order valence-corrected chi connectivity index (χ3v) is 5.03. The van der Waals surface area contributed by atoms with Gasteiger partial charge >= 0.3 is 0 Å². The van der Waals surface area contributed by atoms with Crippen LogP contribution >= 0.6 is 12.4 Å². The predicted octanol–water partition coefficient (Wildman–Crippen LogP) is 3.54. The monoisotopic (exact) mass is 418 g/mol. The number of rotatable bonds is 5. The van der Waals surface area contributed by atoms with E-state index < -0.39 is 0 Å². The Hall–Kier alpha value is -2.57. The highest BCUT2D eigenvalue weighted by atomic mass is 35.5. The summed E-state index contributed by atoms with van der Waals surface area (Å²) in [7, 11) is 0.